The van der Waals surface area contributed by atoms with Crippen molar-refractivity contribution in [1.29, 1.82) is 0 Å². The minimum atomic E-state index is -0.388. The Morgan fingerprint density at radius 1 is 0.935 bits per heavy atom. The van der Waals surface area contributed by atoms with Crippen molar-refractivity contribution < 1.29 is 19.0 Å². The van der Waals surface area contributed by atoms with Crippen molar-refractivity contribution in [1.82, 2.24) is 5.43 Å². The van der Waals surface area contributed by atoms with Gasteiger partial charge in [0, 0.05) is 10.0 Å². The summed E-state index contributed by atoms with van der Waals surface area (Å²) in [6.07, 6.45) is 1.51. The number of hydrogen-bond donors (Lipinski definition) is 1. The molecule has 0 saturated heterocycles. The normalized spacial score (nSPS) is 10.7. The van der Waals surface area contributed by atoms with Crippen LogP contribution in [-0.4, -0.2) is 25.8 Å². The Morgan fingerprint density at radius 3 is 2.29 bits per heavy atom. The second-order valence-corrected chi connectivity index (χ2v) is 7.23. The third-order valence-corrected chi connectivity index (χ3v) is 4.59. The van der Waals surface area contributed by atoms with Crippen LogP contribution < -0.4 is 19.6 Å². The summed E-state index contributed by atoms with van der Waals surface area (Å²) in [6.45, 7) is 0.213. The predicted molar refractivity (Wildman–Crippen MR) is 121 cm³/mol. The average molecular weight is 459 g/mol. The summed E-state index contributed by atoms with van der Waals surface area (Å²) in [5, 5.41) is 5.21. The van der Waals surface area contributed by atoms with Gasteiger partial charge in [0.2, 0.25) is 0 Å². The van der Waals surface area contributed by atoms with E-state index in [1.54, 1.807) is 49.6 Å². The molecule has 1 N–H and O–H groups in total. The van der Waals surface area contributed by atoms with E-state index >= 15 is 0 Å². The van der Waals surface area contributed by atoms with Crippen LogP contribution in [0.5, 0.6) is 17.2 Å². The fourth-order valence-corrected chi connectivity index (χ4v) is 2.77. The van der Waals surface area contributed by atoms with Crippen molar-refractivity contribution in [2.45, 2.75) is 6.61 Å². The third-order valence-electron chi connectivity index (χ3n) is 4.08. The van der Waals surface area contributed by atoms with Gasteiger partial charge in [-0.15, -0.1) is 0 Å². The van der Waals surface area contributed by atoms with E-state index in [0.29, 0.717) is 33.9 Å². The zero-order chi connectivity index (χ0) is 22.1. The van der Waals surface area contributed by atoms with E-state index in [4.69, 9.17) is 37.4 Å². The van der Waals surface area contributed by atoms with Crippen molar-refractivity contribution in [3.63, 3.8) is 0 Å². The molecule has 0 saturated carbocycles. The minimum absolute atomic E-state index is 0.167. The van der Waals surface area contributed by atoms with Crippen LogP contribution >= 0.6 is 23.2 Å². The maximum absolute atomic E-state index is 11.9. The molecule has 3 rings (SSSR count). The van der Waals surface area contributed by atoms with Crippen molar-refractivity contribution >= 4 is 35.3 Å². The summed E-state index contributed by atoms with van der Waals surface area (Å²) in [4.78, 5) is 11.9. The average Bonchev–Trinajstić information content (AvgIpc) is 2.78. The van der Waals surface area contributed by atoms with E-state index in [1.165, 1.54) is 6.21 Å². The molecule has 31 heavy (non-hydrogen) atoms. The van der Waals surface area contributed by atoms with Crippen LogP contribution in [0.25, 0.3) is 0 Å². The summed E-state index contributed by atoms with van der Waals surface area (Å²) in [5.74, 6) is 1.30. The van der Waals surface area contributed by atoms with Crippen molar-refractivity contribution in [2.75, 3.05) is 13.7 Å². The molecule has 3 aromatic carbocycles. The lowest BCUT2D eigenvalue weighted by Crippen LogP contribution is -2.24. The maximum Gasteiger partial charge on any atom is 0.277 e. The Hall–Kier alpha value is -3.22. The molecular weight excluding hydrogens is 439 g/mol. The molecule has 8 heteroatoms. The van der Waals surface area contributed by atoms with E-state index in [1.807, 2.05) is 24.3 Å². The highest BCUT2D eigenvalue weighted by Crippen LogP contribution is 2.28. The molecule has 160 valence electrons. The first kappa shape index (κ1) is 22.5. The lowest BCUT2D eigenvalue weighted by molar-refractivity contribution is -0.123. The first-order chi connectivity index (χ1) is 15.0. The SMILES string of the molecule is COc1cc(/C=N/NC(=O)COc2ccc(Cl)cc2)ccc1OCc1ccc(Cl)cc1. The summed E-state index contributed by atoms with van der Waals surface area (Å²) in [6, 6.07) is 19.5. The third kappa shape index (κ3) is 7.20. The Bertz CT molecular complexity index is 1040. The zero-order valence-electron chi connectivity index (χ0n) is 16.7. The van der Waals surface area contributed by atoms with Gasteiger partial charge in [-0.2, -0.15) is 5.10 Å². The number of benzene rings is 3. The molecule has 0 aliphatic carbocycles. The summed E-state index contributed by atoms with van der Waals surface area (Å²) >= 11 is 11.7. The van der Waals surface area contributed by atoms with Crippen LogP contribution in [0.15, 0.2) is 71.8 Å². The lowest BCUT2D eigenvalue weighted by Gasteiger charge is -2.11. The van der Waals surface area contributed by atoms with Crippen LogP contribution in [-0.2, 0) is 11.4 Å². The van der Waals surface area contributed by atoms with E-state index in [0.717, 1.165) is 11.1 Å². The molecule has 0 bridgehead atoms. The quantitative estimate of drug-likeness (QED) is 0.357. The van der Waals surface area contributed by atoms with E-state index < -0.39 is 0 Å². The Kier molecular flexibility index (Phi) is 8.15. The highest BCUT2D eigenvalue weighted by Gasteiger charge is 2.06. The Labute approximate surface area is 190 Å². The van der Waals surface area contributed by atoms with Crippen LogP contribution in [0.4, 0.5) is 0 Å². The number of halogens is 2. The number of carbonyl (C=O) groups excluding carboxylic acids is 1. The molecule has 1 amide bonds. The second kappa shape index (κ2) is 11.2. The zero-order valence-corrected chi connectivity index (χ0v) is 18.2. The van der Waals surface area contributed by atoms with Crippen molar-refractivity contribution in [2.24, 2.45) is 5.10 Å². The molecule has 0 heterocycles. The number of ether oxygens (including phenoxy) is 3. The Balaban J connectivity index is 1.51. The molecule has 0 radical (unpaired) electrons. The fraction of sp³-hybridized carbons (Fsp3) is 0.130. The number of carbonyl (C=O) groups is 1. The van der Waals surface area contributed by atoms with Crippen molar-refractivity contribution in [3.05, 3.63) is 87.9 Å². The lowest BCUT2D eigenvalue weighted by atomic mass is 10.2. The minimum Gasteiger partial charge on any atom is -0.493 e. The van der Waals surface area contributed by atoms with Crippen LogP contribution in [0.1, 0.15) is 11.1 Å². The second-order valence-electron chi connectivity index (χ2n) is 6.36. The van der Waals surface area contributed by atoms with Crippen molar-refractivity contribution in [3.8, 4) is 17.2 Å². The van der Waals surface area contributed by atoms with Gasteiger partial charge in [0.05, 0.1) is 13.3 Å². The topological polar surface area (TPSA) is 69.2 Å². The summed E-state index contributed by atoms with van der Waals surface area (Å²) < 4.78 is 16.6. The van der Waals surface area contributed by atoms with Gasteiger partial charge < -0.3 is 14.2 Å². The summed E-state index contributed by atoms with van der Waals surface area (Å²) in [7, 11) is 1.56. The van der Waals surface area contributed by atoms with E-state index in [2.05, 4.69) is 10.5 Å². The molecule has 3 aromatic rings. The highest BCUT2D eigenvalue weighted by atomic mass is 35.5. The number of methoxy groups -OCH3 is 1. The van der Waals surface area contributed by atoms with Gasteiger partial charge in [0.15, 0.2) is 18.1 Å². The maximum atomic E-state index is 11.9. The smallest absolute Gasteiger partial charge is 0.277 e. The van der Waals surface area contributed by atoms with Crippen LogP contribution in [0.3, 0.4) is 0 Å². The molecule has 0 aromatic heterocycles. The first-order valence-electron chi connectivity index (χ1n) is 9.29. The molecule has 0 atom stereocenters. The largest absolute Gasteiger partial charge is 0.493 e. The molecule has 0 aliphatic rings. The monoisotopic (exact) mass is 458 g/mol. The first-order valence-corrected chi connectivity index (χ1v) is 10.0. The number of hydrogen-bond acceptors (Lipinski definition) is 5. The molecule has 0 fully saturated rings. The van der Waals surface area contributed by atoms with Gasteiger partial charge >= 0.3 is 0 Å². The molecule has 0 aliphatic heterocycles. The van der Waals surface area contributed by atoms with E-state index in [-0.39, 0.29) is 12.5 Å². The van der Waals surface area contributed by atoms with Gasteiger partial charge in [-0.1, -0.05) is 35.3 Å². The van der Waals surface area contributed by atoms with Crippen LogP contribution in [0.2, 0.25) is 10.0 Å². The van der Waals surface area contributed by atoms with Gasteiger partial charge in [-0.05, 0) is 65.7 Å². The molecular formula is C23H20Cl2N2O4. The van der Waals surface area contributed by atoms with Gasteiger partial charge in [-0.3, -0.25) is 4.79 Å². The number of amides is 1. The predicted octanol–water partition coefficient (Wildman–Crippen LogP) is 5.11. The number of hydrazone groups is 1. The van der Waals surface area contributed by atoms with Gasteiger partial charge in [0.1, 0.15) is 12.4 Å². The molecule has 0 spiro atoms. The standard InChI is InChI=1S/C23H20Cl2N2O4/c1-29-22-12-17(4-11-21(22)31-14-16-2-5-18(24)6-3-16)13-26-27-23(28)15-30-20-9-7-19(25)8-10-20/h2-13H,14-15H2,1H3,(H,27,28)/b26-13+. The summed E-state index contributed by atoms with van der Waals surface area (Å²) in [5.41, 5.74) is 4.13. The Morgan fingerprint density at radius 2 is 1.61 bits per heavy atom. The van der Waals surface area contributed by atoms with Gasteiger partial charge in [-0.25, -0.2) is 5.43 Å². The van der Waals surface area contributed by atoms with E-state index in [9.17, 15) is 4.79 Å². The number of nitrogens with zero attached hydrogens (tertiary/aromatic N) is 1. The molecule has 0 unspecified atom stereocenters. The van der Waals surface area contributed by atoms with Gasteiger partial charge in [0.25, 0.3) is 5.91 Å². The fourth-order valence-electron chi connectivity index (χ4n) is 2.52. The van der Waals surface area contributed by atoms with Crippen LogP contribution in [0, 0.1) is 0 Å². The number of rotatable bonds is 9. The number of nitrogens with one attached hydrogen (secondary N) is 1. The molecule has 6 nitrogen and oxygen atoms in total. The highest BCUT2D eigenvalue weighted by molar-refractivity contribution is 6.30.